The van der Waals surface area contributed by atoms with E-state index in [1.807, 2.05) is 29.2 Å². The van der Waals surface area contributed by atoms with Gasteiger partial charge in [0.05, 0.1) is 11.0 Å². The Bertz CT molecular complexity index is 626. The number of carbonyl (C=O) groups excluding carboxylic acids is 1. The highest BCUT2D eigenvalue weighted by atomic mass is 16.2. The number of hydrogen-bond acceptors (Lipinski definition) is 3. The molecule has 6 nitrogen and oxygen atoms in total. The van der Waals surface area contributed by atoms with Crippen LogP contribution in [0.2, 0.25) is 0 Å². The topological polar surface area (TPSA) is 64.3 Å². The van der Waals surface area contributed by atoms with E-state index >= 15 is 0 Å². The summed E-state index contributed by atoms with van der Waals surface area (Å²) in [6, 6.07) is 8.56. The van der Waals surface area contributed by atoms with Crippen LogP contribution in [0.4, 0.5) is 10.7 Å². The third-order valence-corrected chi connectivity index (χ3v) is 4.47. The summed E-state index contributed by atoms with van der Waals surface area (Å²) in [5.74, 6) is 0.945. The van der Waals surface area contributed by atoms with Gasteiger partial charge in [0.15, 0.2) is 0 Å². The van der Waals surface area contributed by atoms with Crippen molar-refractivity contribution < 1.29 is 4.79 Å². The van der Waals surface area contributed by atoms with E-state index in [1.165, 1.54) is 0 Å². The average Bonchev–Trinajstić information content (AvgIpc) is 3.13. The lowest BCUT2D eigenvalue weighted by Gasteiger charge is -2.35. The van der Waals surface area contributed by atoms with Crippen LogP contribution in [0.25, 0.3) is 11.0 Å². The quantitative estimate of drug-likeness (QED) is 0.880. The molecule has 2 fully saturated rings. The van der Waals surface area contributed by atoms with Crippen LogP contribution in [-0.2, 0) is 0 Å². The van der Waals surface area contributed by atoms with Crippen LogP contribution in [0, 0.1) is 0 Å². The maximum Gasteiger partial charge on any atom is 0.317 e. The van der Waals surface area contributed by atoms with E-state index in [0.717, 1.165) is 56.0 Å². The van der Waals surface area contributed by atoms with Crippen LogP contribution in [-0.4, -0.2) is 53.1 Å². The van der Waals surface area contributed by atoms with Crippen LogP contribution < -0.4 is 10.2 Å². The van der Waals surface area contributed by atoms with E-state index in [-0.39, 0.29) is 6.03 Å². The molecule has 0 unspecified atom stereocenters. The maximum absolute atomic E-state index is 11.7. The van der Waals surface area contributed by atoms with Gasteiger partial charge < -0.3 is 20.1 Å². The first kappa shape index (κ1) is 12.5. The van der Waals surface area contributed by atoms with Crippen molar-refractivity contribution in [2.45, 2.75) is 18.9 Å². The van der Waals surface area contributed by atoms with E-state index < -0.39 is 0 Å². The van der Waals surface area contributed by atoms with Gasteiger partial charge in [-0.1, -0.05) is 12.1 Å². The molecule has 4 rings (SSSR count). The van der Waals surface area contributed by atoms with Gasteiger partial charge in [-0.05, 0) is 25.0 Å². The van der Waals surface area contributed by atoms with Gasteiger partial charge in [0.1, 0.15) is 0 Å². The molecular formula is C15H19N5O. The summed E-state index contributed by atoms with van der Waals surface area (Å²) in [5, 5.41) is 2.88. The first-order chi connectivity index (χ1) is 10.3. The van der Waals surface area contributed by atoms with E-state index in [1.54, 1.807) is 0 Å². The molecule has 0 atom stereocenters. The number of piperidine rings is 1. The Morgan fingerprint density at radius 2 is 1.95 bits per heavy atom. The van der Waals surface area contributed by atoms with Crippen molar-refractivity contribution in [1.29, 1.82) is 0 Å². The van der Waals surface area contributed by atoms with Gasteiger partial charge in [-0.15, -0.1) is 0 Å². The summed E-state index contributed by atoms with van der Waals surface area (Å²) in [4.78, 5) is 24.0. The minimum absolute atomic E-state index is 0.0946. The van der Waals surface area contributed by atoms with Gasteiger partial charge in [-0.2, -0.15) is 0 Å². The number of aromatic amines is 1. The molecule has 1 aromatic heterocycles. The average molecular weight is 285 g/mol. The highest BCUT2D eigenvalue weighted by Crippen LogP contribution is 2.23. The van der Waals surface area contributed by atoms with Crippen molar-refractivity contribution >= 4 is 23.0 Å². The molecule has 2 aromatic rings. The zero-order valence-corrected chi connectivity index (χ0v) is 11.9. The molecule has 2 amide bonds. The van der Waals surface area contributed by atoms with Gasteiger partial charge in [-0.3, -0.25) is 0 Å². The van der Waals surface area contributed by atoms with Crippen molar-refractivity contribution in [3.63, 3.8) is 0 Å². The molecule has 6 heteroatoms. The third-order valence-electron chi connectivity index (χ3n) is 4.47. The molecular weight excluding hydrogens is 266 g/mol. The number of nitrogens with one attached hydrogen (secondary N) is 2. The van der Waals surface area contributed by atoms with Crippen molar-refractivity contribution in [1.82, 2.24) is 20.2 Å². The molecule has 21 heavy (non-hydrogen) atoms. The maximum atomic E-state index is 11.7. The van der Waals surface area contributed by atoms with Gasteiger partial charge in [0.2, 0.25) is 5.95 Å². The van der Waals surface area contributed by atoms with Crippen LogP contribution >= 0.6 is 0 Å². The van der Waals surface area contributed by atoms with Crippen molar-refractivity contribution in [3.8, 4) is 0 Å². The van der Waals surface area contributed by atoms with Gasteiger partial charge in [0.25, 0.3) is 0 Å². The number of amides is 2. The number of carbonyl (C=O) groups is 1. The fourth-order valence-corrected chi connectivity index (χ4v) is 3.31. The Labute approximate surface area is 123 Å². The molecule has 0 bridgehead atoms. The summed E-state index contributed by atoms with van der Waals surface area (Å²) in [7, 11) is 0. The molecule has 2 N–H and O–H groups in total. The summed E-state index contributed by atoms with van der Waals surface area (Å²) >= 11 is 0. The van der Waals surface area contributed by atoms with E-state index in [9.17, 15) is 4.79 Å². The Morgan fingerprint density at radius 1 is 1.14 bits per heavy atom. The summed E-state index contributed by atoms with van der Waals surface area (Å²) in [6.45, 7) is 3.50. The van der Waals surface area contributed by atoms with Gasteiger partial charge >= 0.3 is 6.03 Å². The molecule has 3 heterocycles. The Morgan fingerprint density at radius 3 is 2.67 bits per heavy atom. The van der Waals surface area contributed by atoms with Crippen molar-refractivity contribution in [2.24, 2.45) is 0 Å². The molecule has 2 aliphatic rings. The lowest BCUT2D eigenvalue weighted by Crippen LogP contribution is -2.46. The molecule has 0 radical (unpaired) electrons. The number of imidazole rings is 1. The fourth-order valence-electron chi connectivity index (χ4n) is 3.31. The third kappa shape index (κ3) is 2.20. The number of hydrogen-bond donors (Lipinski definition) is 2. The molecule has 1 aromatic carbocycles. The minimum Gasteiger partial charge on any atom is -0.342 e. The summed E-state index contributed by atoms with van der Waals surface area (Å²) in [6.07, 6.45) is 2.01. The number of benzene rings is 1. The van der Waals surface area contributed by atoms with Crippen LogP contribution in [0.15, 0.2) is 24.3 Å². The van der Waals surface area contributed by atoms with E-state index in [0.29, 0.717) is 6.04 Å². The standard InChI is InChI=1S/C15H19N5O/c21-15-16-7-10-20(15)11-5-8-19(9-6-11)14-17-12-3-1-2-4-13(12)18-14/h1-4,11H,5-10H2,(H,16,21)(H,17,18). The second-order valence-electron chi connectivity index (χ2n) is 5.72. The molecule has 2 aliphatic heterocycles. The highest BCUT2D eigenvalue weighted by molar-refractivity contribution is 5.78. The number of fused-ring (bicyclic) bond motifs is 1. The van der Waals surface area contributed by atoms with Crippen molar-refractivity contribution in [3.05, 3.63) is 24.3 Å². The minimum atomic E-state index is 0.0946. The number of para-hydroxylation sites is 2. The van der Waals surface area contributed by atoms with Gasteiger partial charge in [0, 0.05) is 32.2 Å². The number of rotatable bonds is 2. The van der Waals surface area contributed by atoms with Crippen LogP contribution in [0.1, 0.15) is 12.8 Å². The van der Waals surface area contributed by atoms with E-state index in [4.69, 9.17) is 0 Å². The molecule has 2 saturated heterocycles. The Balaban J connectivity index is 1.46. The zero-order chi connectivity index (χ0) is 14.2. The number of nitrogens with zero attached hydrogens (tertiary/aromatic N) is 3. The van der Waals surface area contributed by atoms with Crippen LogP contribution in [0.3, 0.4) is 0 Å². The normalized spacial score (nSPS) is 20.3. The number of H-pyrrole nitrogens is 1. The summed E-state index contributed by atoms with van der Waals surface area (Å²) < 4.78 is 0. The predicted octanol–water partition coefficient (Wildman–Crippen LogP) is 1.56. The first-order valence-electron chi connectivity index (χ1n) is 7.55. The Hall–Kier alpha value is -2.24. The summed E-state index contributed by atoms with van der Waals surface area (Å²) in [5.41, 5.74) is 2.09. The van der Waals surface area contributed by atoms with Gasteiger partial charge in [-0.25, -0.2) is 9.78 Å². The largest absolute Gasteiger partial charge is 0.342 e. The molecule has 0 aliphatic carbocycles. The second-order valence-corrected chi connectivity index (χ2v) is 5.72. The van der Waals surface area contributed by atoms with Crippen molar-refractivity contribution in [2.75, 3.05) is 31.1 Å². The number of anilines is 1. The second kappa shape index (κ2) is 4.95. The first-order valence-corrected chi connectivity index (χ1v) is 7.55. The highest BCUT2D eigenvalue weighted by Gasteiger charge is 2.31. The predicted molar refractivity (Wildman–Crippen MR) is 81.4 cm³/mol. The lowest BCUT2D eigenvalue weighted by molar-refractivity contribution is 0.186. The number of aromatic nitrogens is 2. The van der Waals surface area contributed by atoms with E-state index in [2.05, 4.69) is 20.2 Å². The smallest absolute Gasteiger partial charge is 0.317 e. The molecule has 0 spiro atoms. The monoisotopic (exact) mass is 285 g/mol. The molecule has 110 valence electrons. The lowest BCUT2D eigenvalue weighted by atomic mass is 10.0. The Kier molecular flexibility index (Phi) is 2.94. The number of urea groups is 1. The fraction of sp³-hybridized carbons (Fsp3) is 0.467. The zero-order valence-electron chi connectivity index (χ0n) is 11.9. The SMILES string of the molecule is O=C1NCCN1C1CCN(c2nc3ccccc3[nH]2)CC1. The van der Waals surface area contributed by atoms with Crippen LogP contribution in [0.5, 0.6) is 0 Å². The molecule has 0 saturated carbocycles.